The number of aromatic nitrogens is 4. The molecule has 0 fully saturated rings. The van der Waals surface area contributed by atoms with Gasteiger partial charge in [0.1, 0.15) is 11.4 Å². The maximum atomic E-state index is 13.2. The Morgan fingerprint density at radius 1 is 1.00 bits per heavy atom. The third-order valence-electron chi connectivity index (χ3n) is 7.22. The summed E-state index contributed by atoms with van der Waals surface area (Å²) < 4.78 is 35.1. The van der Waals surface area contributed by atoms with E-state index in [0.717, 1.165) is 27.8 Å². The quantitative estimate of drug-likeness (QED) is 0.164. The summed E-state index contributed by atoms with van der Waals surface area (Å²) in [6, 6.07) is 18.7. The molecule has 234 valence electrons. The van der Waals surface area contributed by atoms with Crippen molar-refractivity contribution in [2.45, 2.75) is 33.6 Å². The summed E-state index contributed by atoms with van der Waals surface area (Å²) in [4.78, 5) is 28.8. The number of fused-ring (bicyclic) bond motifs is 1. The Morgan fingerprint density at radius 3 is 2.44 bits per heavy atom. The number of nitrogens with zero attached hydrogens (tertiary/aromatic N) is 3. The fraction of sp³-hybridized carbons (Fsp3) is 0.250. The third-order valence-corrected chi connectivity index (χ3v) is 9.05. The number of nitrogens with one attached hydrogen (secondary N) is 3. The molecule has 5 aromatic rings. The van der Waals surface area contributed by atoms with Gasteiger partial charge >= 0.3 is 0 Å². The number of ether oxygens (including phenoxy) is 1. The Kier molecular flexibility index (Phi) is 9.54. The fourth-order valence-corrected chi connectivity index (χ4v) is 5.87. The van der Waals surface area contributed by atoms with Crippen LogP contribution in [0.1, 0.15) is 49.7 Å². The smallest absolute Gasteiger partial charge is 0.281 e. The number of aromatic amines is 1. The van der Waals surface area contributed by atoms with E-state index in [4.69, 9.17) is 16.3 Å². The van der Waals surface area contributed by atoms with Crippen molar-refractivity contribution in [2.75, 3.05) is 18.9 Å². The van der Waals surface area contributed by atoms with E-state index in [2.05, 4.69) is 25.3 Å². The molecule has 2 heterocycles. The molecule has 0 saturated carbocycles. The molecule has 0 radical (unpaired) electrons. The van der Waals surface area contributed by atoms with Gasteiger partial charge in [-0.2, -0.15) is 0 Å². The zero-order valence-corrected chi connectivity index (χ0v) is 26.6. The Balaban J connectivity index is 1.18. The van der Waals surface area contributed by atoms with E-state index in [-0.39, 0.29) is 17.9 Å². The van der Waals surface area contributed by atoms with Crippen molar-refractivity contribution in [1.82, 2.24) is 30.0 Å². The third kappa shape index (κ3) is 7.70. The number of sulfonamides is 1. The van der Waals surface area contributed by atoms with Crippen LogP contribution in [0.5, 0.6) is 5.75 Å². The highest BCUT2D eigenvalue weighted by Gasteiger charge is 2.23. The molecule has 0 atom stereocenters. The second-order valence-corrected chi connectivity index (χ2v) is 13.0. The Bertz CT molecular complexity index is 1940. The van der Waals surface area contributed by atoms with Crippen molar-refractivity contribution >= 4 is 44.3 Å². The highest BCUT2D eigenvalue weighted by molar-refractivity contribution is 7.90. The van der Waals surface area contributed by atoms with E-state index < -0.39 is 27.6 Å². The van der Waals surface area contributed by atoms with E-state index >= 15 is 0 Å². The lowest BCUT2D eigenvalue weighted by molar-refractivity contribution is 0.0950. The molecule has 0 aliphatic rings. The van der Waals surface area contributed by atoms with E-state index in [9.17, 15) is 18.0 Å². The van der Waals surface area contributed by atoms with Gasteiger partial charge in [0, 0.05) is 22.5 Å². The van der Waals surface area contributed by atoms with Crippen molar-refractivity contribution in [1.29, 1.82) is 0 Å². The number of carbonyl (C=O) groups excluding carboxylic acids is 2. The van der Waals surface area contributed by atoms with Crippen molar-refractivity contribution in [2.24, 2.45) is 0 Å². The molecule has 5 rings (SSSR count). The second kappa shape index (κ2) is 13.5. The Labute approximate surface area is 266 Å². The largest absolute Gasteiger partial charge is 0.494 e. The first kappa shape index (κ1) is 31.7. The number of para-hydroxylation sites is 1. The summed E-state index contributed by atoms with van der Waals surface area (Å²) in [5.41, 5.74) is 5.26. The molecule has 3 aromatic carbocycles. The Morgan fingerprint density at radius 2 is 1.71 bits per heavy atom. The number of H-pyrrole nitrogens is 1. The molecule has 0 spiro atoms. The van der Waals surface area contributed by atoms with Crippen molar-refractivity contribution in [3.8, 4) is 11.4 Å². The predicted molar refractivity (Wildman–Crippen MR) is 173 cm³/mol. The van der Waals surface area contributed by atoms with E-state index in [0.29, 0.717) is 41.3 Å². The van der Waals surface area contributed by atoms with Gasteiger partial charge in [-0.15, -0.1) is 5.10 Å². The van der Waals surface area contributed by atoms with Gasteiger partial charge in [-0.25, -0.2) is 17.8 Å². The summed E-state index contributed by atoms with van der Waals surface area (Å²) >= 11 is 6.25. The molecule has 0 aliphatic heterocycles. The van der Waals surface area contributed by atoms with Crippen LogP contribution in [-0.2, 0) is 16.4 Å². The van der Waals surface area contributed by atoms with Crippen LogP contribution < -0.4 is 14.8 Å². The van der Waals surface area contributed by atoms with Gasteiger partial charge in [-0.05, 0) is 80.6 Å². The molecule has 45 heavy (non-hydrogen) atoms. The van der Waals surface area contributed by atoms with E-state index in [1.807, 2.05) is 81.4 Å². The summed E-state index contributed by atoms with van der Waals surface area (Å²) in [6.45, 7) is 5.94. The summed E-state index contributed by atoms with van der Waals surface area (Å²) in [5.74, 6) is -1.17. The number of rotatable bonds is 12. The van der Waals surface area contributed by atoms with Gasteiger partial charge < -0.3 is 15.0 Å². The van der Waals surface area contributed by atoms with Gasteiger partial charge in [-0.3, -0.25) is 9.59 Å². The minimum Gasteiger partial charge on any atom is -0.494 e. The zero-order chi connectivity index (χ0) is 32.1. The lowest BCUT2D eigenvalue weighted by Gasteiger charge is -2.11. The predicted octanol–water partition coefficient (Wildman–Crippen LogP) is 4.83. The van der Waals surface area contributed by atoms with Crippen LogP contribution in [-0.4, -0.2) is 59.1 Å². The number of hydrogen-bond acceptors (Lipinski definition) is 7. The molecular weight excluding hydrogens is 616 g/mol. The number of halogens is 1. The molecular formula is C32H33ClN6O5S. The minimum absolute atomic E-state index is 0.0324. The highest BCUT2D eigenvalue weighted by atomic mass is 35.5. The fourth-order valence-electron chi connectivity index (χ4n) is 4.91. The number of carbonyl (C=O) groups is 2. The maximum absolute atomic E-state index is 13.2. The summed E-state index contributed by atoms with van der Waals surface area (Å²) in [7, 11) is -4.09. The maximum Gasteiger partial charge on any atom is 0.281 e. The standard InChI is InChI=1S/C32H33ClN6O5S/c1-20-10-12-23(13-11-20)39-19-28(36-38-39)31(40)34-14-16-45(42,43)37-32(41)30-26(25-7-4-5-9-27(25)35-30)8-6-15-44-24-17-21(2)29(33)22(3)18-24/h4-5,7,9-13,17-19,35H,6,8,14-16H2,1-3H3,(H,34,40)(H,37,41). The van der Waals surface area contributed by atoms with Crippen LogP contribution in [0.25, 0.3) is 16.6 Å². The van der Waals surface area contributed by atoms with E-state index in [1.165, 1.54) is 10.9 Å². The summed E-state index contributed by atoms with van der Waals surface area (Å²) in [5, 5.41) is 11.9. The SMILES string of the molecule is Cc1ccc(-n2cc(C(=O)NCCS(=O)(=O)NC(=O)c3[nH]c4ccccc4c3CCCOc3cc(C)c(Cl)c(C)c3)nn2)cc1. The number of aryl methyl sites for hydroxylation is 4. The normalized spacial score (nSPS) is 11.5. The van der Waals surface area contributed by atoms with Crippen LogP contribution in [0, 0.1) is 20.8 Å². The number of benzene rings is 3. The van der Waals surface area contributed by atoms with Crippen LogP contribution in [0.4, 0.5) is 0 Å². The second-order valence-electron chi connectivity index (χ2n) is 10.7. The lowest BCUT2D eigenvalue weighted by atomic mass is 10.1. The average Bonchev–Trinajstić information content (AvgIpc) is 3.64. The van der Waals surface area contributed by atoms with Gasteiger partial charge in [0.2, 0.25) is 10.0 Å². The molecule has 0 aliphatic carbocycles. The van der Waals surface area contributed by atoms with Gasteiger partial charge in [-0.1, -0.05) is 52.7 Å². The van der Waals surface area contributed by atoms with E-state index in [1.54, 1.807) is 0 Å². The molecule has 0 saturated heterocycles. The van der Waals surface area contributed by atoms with Crippen LogP contribution in [0.15, 0.2) is 66.9 Å². The first-order chi connectivity index (χ1) is 21.5. The monoisotopic (exact) mass is 648 g/mol. The van der Waals surface area contributed by atoms with Crippen molar-refractivity contribution in [3.63, 3.8) is 0 Å². The molecule has 3 N–H and O–H groups in total. The van der Waals surface area contributed by atoms with Crippen molar-refractivity contribution in [3.05, 3.63) is 106 Å². The highest BCUT2D eigenvalue weighted by Crippen LogP contribution is 2.27. The first-order valence-corrected chi connectivity index (χ1v) is 16.4. The zero-order valence-electron chi connectivity index (χ0n) is 25.1. The van der Waals surface area contributed by atoms with Gasteiger partial charge in [0.15, 0.2) is 5.69 Å². The summed E-state index contributed by atoms with van der Waals surface area (Å²) in [6.07, 6.45) is 2.50. The first-order valence-electron chi connectivity index (χ1n) is 14.3. The molecule has 11 nitrogen and oxygen atoms in total. The van der Waals surface area contributed by atoms with Crippen LogP contribution in [0.2, 0.25) is 5.02 Å². The Hall–Kier alpha value is -4.68. The minimum atomic E-state index is -4.09. The van der Waals surface area contributed by atoms with Crippen LogP contribution in [0.3, 0.4) is 0 Å². The molecule has 0 bridgehead atoms. The van der Waals surface area contributed by atoms with Crippen molar-refractivity contribution < 1.29 is 22.7 Å². The van der Waals surface area contributed by atoms with Gasteiger partial charge in [0.05, 0.1) is 24.2 Å². The molecule has 2 amide bonds. The lowest BCUT2D eigenvalue weighted by Crippen LogP contribution is -2.38. The topological polar surface area (TPSA) is 148 Å². The van der Waals surface area contributed by atoms with Crippen LogP contribution >= 0.6 is 11.6 Å². The number of amides is 2. The molecule has 13 heteroatoms. The molecule has 2 aromatic heterocycles. The van der Waals surface area contributed by atoms with Gasteiger partial charge in [0.25, 0.3) is 11.8 Å². The average molecular weight is 649 g/mol. The molecule has 0 unspecified atom stereocenters. The number of hydrogen-bond donors (Lipinski definition) is 3.